The fraction of sp³-hybridized carbons (Fsp3) is 0.667. The second-order valence-corrected chi connectivity index (χ2v) is 5.07. The lowest BCUT2D eigenvalue weighted by Crippen LogP contribution is -2.30. The fourth-order valence-electron chi connectivity index (χ4n) is 2.37. The summed E-state index contributed by atoms with van der Waals surface area (Å²) in [7, 11) is 0. The smallest absolute Gasteiger partial charge is 0.328 e. The van der Waals surface area contributed by atoms with Crippen LogP contribution in [0.5, 0.6) is 0 Å². The van der Waals surface area contributed by atoms with Gasteiger partial charge in [-0.05, 0) is 37.6 Å². The number of rotatable bonds is 6. The topological polar surface area (TPSA) is 95.8 Å². The monoisotopic (exact) mass is 295 g/mol. The Morgan fingerprint density at radius 1 is 1.45 bits per heavy atom. The molecule has 0 saturated carbocycles. The highest BCUT2D eigenvalue weighted by atomic mass is 32.1. The van der Waals surface area contributed by atoms with Crippen molar-refractivity contribution in [3.63, 3.8) is 0 Å². The molecule has 20 heavy (non-hydrogen) atoms. The van der Waals surface area contributed by atoms with Gasteiger partial charge < -0.3 is 4.74 Å². The van der Waals surface area contributed by atoms with Crippen LogP contribution >= 0.6 is 12.2 Å². The van der Waals surface area contributed by atoms with Crippen molar-refractivity contribution in [3.8, 4) is 0 Å². The highest BCUT2D eigenvalue weighted by molar-refractivity contribution is 7.71. The van der Waals surface area contributed by atoms with Crippen LogP contribution in [0.4, 0.5) is 0 Å². The van der Waals surface area contributed by atoms with Gasteiger partial charge in [0, 0.05) is 29.3 Å². The average Bonchev–Trinajstić information content (AvgIpc) is 2.45. The van der Waals surface area contributed by atoms with Gasteiger partial charge in [0.25, 0.3) is 0 Å². The number of aromatic nitrogens is 2. The summed E-state index contributed by atoms with van der Waals surface area (Å²) in [6, 6.07) is 0. The molecule has 0 saturated heterocycles. The van der Waals surface area contributed by atoms with Crippen LogP contribution < -0.4 is 5.69 Å². The first-order chi connectivity index (χ1) is 9.74. The molecule has 0 aromatic carbocycles. The maximum Gasteiger partial charge on any atom is 0.328 e. The van der Waals surface area contributed by atoms with E-state index in [4.69, 9.17) is 22.5 Å². The number of aromatic amines is 1. The third-order valence-corrected chi connectivity index (χ3v) is 3.68. The number of nitrogens with one attached hydrogen (secondary N) is 1. The van der Waals surface area contributed by atoms with Crippen LogP contribution in [0.25, 0.3) is 10.4 Å². The molecule has 0 bridgehead atoms. The number of H-pyrrole nitrogens is 1. The third-order valence-electron chi connectivity index (χ3n) is 3.33. The van der Waals surface area contributed by atoms with E-state index in [1.54, 1.807) is 4.57 Å². The summed E-state index contributed by atoms with van der Waals surface area (Å²) in [5, 5.41) is 3.43. The second kappa shape index (κ2) is 7.23. The zero-order valence-corrected chi connectivity index (χ0v) is 12.0. The Morgan fingerprint density at radius 3 is 3.05 bits per heavy atom. The van der Waals surface area contributed by atoms with Crippen LogP contribution in [-0.4, -0.2) is 22.7 Å². The van der Waals surface area contributed by atoms with E-state index in [0.29, 0.717) is 24.2 Å². The molecule has 0 fully saturated rings. The third kappa shape index (κ3) is 3.47. The second-order valence-electron chi connectivity index (χ2n) is 4.67. The van der Waals surface area contributed by atoms with Gasteiger partial charge in [0.2, 0.25) is 0 Å². The molecule has 1 N–H and O–H groups in total. The largest absolute Gasteiger partial charge is 0.361 e. The van der Waals surface area contributed by atoms with Crippen LogP contribution in [0.2, 0.25) is 0 Å². The van der Waals surface area contributed by atoms with Gasteiger partial charge in [-0.1, -0.05) is 17.3 Å². The summed E-state index contributed by atoms with van der Waals surface area (Å²) in [5.41, 5.74) is 10.0. The van der Waals surface area contributed by atoms with Gasteiger partial charge in [-0.15, -0.1) is 0 Å². The summed E-state index contributed by atoms with van der Waals surface area (Å²) < 4.78 is 7.66. The maximum absolute atomic E-state index is 12.0. The van der Waals surface area contributed by atoms with Gasteiger partial charge in [-0.3, -0.25) is 9.55 Å². The van der Waals surface area contributed by atoms with Crippen LogP contribution in [0, 0.1) is 4.64 Å². The zero-order valence-electron chi connectivity index (χ0n) is 11.2. The normalized spacial score (nSPS) is 13.6. The molecule has 8 heteroatoms. The molecule has 108 valence electrons. The average molecular weight is 295 g/mol. The van der Waals surface area contributed by atoms with Gasteiger partial charge in [-0.2, -0.15) is 0 Å². The maximum atomic E-state index is 12.0. The van der Waals surface area contributed by atoms with E-state index in [1.165, 1.54) is 0 Å². The molecular weight excluding hydrogens is 278 g/mol. The number of nitrogens with zero attached hydrogens (tertiary/aromatic N) is 4. The van der Waals surface area contributed by atoms with Crippen LogP contribution in [0.1, 0.15) is 30.5 Å². The molecule has 1 aromatic rings. The van der Waals surface area contributed by atoms with Gasteiger partial charge in [0.05, 0.1) is 0 Å². The lowest BCUT2D eigenvalue weighted by Gasteiger charge is -2.20. The molecule has 0 unspecified atom stereocenters. The summed E-state index contributed by atoms with van der Waals surface area (Å²) >= 11 is 5.21. The van der Waals surface area contributed by atoms with Crippen molar-refractivity contribution in [2.24, 2.45) is 5.11 Å². The fourth-order valence-corrected chi connectivity index (χ4v) is 2.68. The number of fused-ring (bicyclic) bond motifs is 1. The van der Waals surface area contributed by atoms with Crippen molar-refractivity contribution in [1.82, 2.24) is 9.55 Å². The quantitative estimate of drug-likeness (QED) is 0.287. The summed E-state index contributed by atoms with van der Waals surface area (Å²) in [6.45, 7) is 1.07. The van der Waals surface area contributed by atoms with E-state index in [-0.39, 0.29) is 12.4 Å². The molecule has 0 aliphatic heterocycles. The number of hydrogen-bond donors (Lipinski definition) is 1. The Labute approximate surface area is 121 Å². The van der Waals surface area contributed by atoms with Gasteiger partial charge in [-0.25, -0.2) is 4.79 Å². The minimum absolute atomic E-state index is 0.212. The van der Waals surface area contributed by atoms with Crippen molar-refractivity contribution in [3.05, 3.63) is 36.8 Å². The van der Waals surface area contributed by atoms with Crippen molar-refractivity contribution < 1.29 is 4.74 Å². The first-order valence-electron chi connectivity index (χ1n) is 6.67. The predicted molar refractivity (Wildman–Crippen MR) is 77.1 cm³/mol. The van der Waals surface area contributed by atoms with E-state index in [0.717, 1.165) is 36.9 Å². The first-order valence-corrected chi connectivity index (χ1v) is 7.08. The minimum Gasteiger partial charge on any atom is -0.361 e. The Bertz CT molecular complexity index is 630. The minimum atomic E-state index is -0.217. The van der Waals surface area contributed by atoms with Gasteiger partial charge in [0.15, 0.2) is 0 Å². The van der Waals surface area contributed by atoms with E-state index in [9.17, 15) is 4.79 Å². The van der Waals surface area contributed by atoms with Crippen molar-refractivity contribution in [2.45, 2.75) is 38.8 Å². The SMILES string of the molecule is [N-]=[N+]=NCCCOCn1c2c(c(=S)[nH]c1=O)CCCC2. The number of hydrogen-bond acceptors (Lipinski definition) is 4. The number of ether oxygens (including phenoxy) is 1. The van der Waals surface area contributed by atoms with E-state index in [2.05, 4.69) is 15.0 Å². The molecule has 1 aliphatic rings. The van der Waals surface area contributed by atoms with Crippen LogP contribution in [0.3, 0.4) is 0 Å². The zero-order chi connectivity index (χ0) is 14.4. The summed E-state index contributed by atoms with van der Waals surface area (Å²) in [6.07, 6.45) is 4.61. The molecule has 2 rings (SSSR count). The van der Waals surface area contributed by atoms with Crippen LogP contribution in [-0.2, 0) is 24.3 Å². The predicted octanol–water partition coefficient (Wildman–Crippen LogP) is 2.46. The first kappa shape index (κ1) is 14.8. The molecule has 1 aromatic heterocycles. The molecule has 0 spiro atoms. The molecule has 0 amide bonds. The van der Waals surface area contributed by atoms with Crippen LogP contribution in [0.15, 0.2) is 9.91 Å². The van der Waals surface area contributed by atoms with E-state index < -0.39 is 0 Å². The van der Waals surface area contributed by atoms with E-state index >= 15 is 0 Å². The van der Waals surface area contributed by atoms with Crippen molar-refractivity contribution in [2.75, 3.05) is 13.2 Å². The Morgan fingerprint density at radius 2 is 2.25 bits per heavy atom. The molecule has 7 nitrogen and oxygen atoms in total. The summed E-state index contributed by atoms with van der Waals surface area (Å²) in [4.78, 5) is 17.3. The molecular formula is C12H17N5O2S. The molecule has 0 radical (unpaired) electrons. The molecule has 0 atom stereocenters. The van der Waals surface area contributed by atoms with Crippen molar-refractivity contribution >= 4 is 12.2 Å². The standard InChI is InChI=1S/C12H17N5O2S/c13-16-14-6-3-7-19-8-17-10-5-2-1-4-9(10)11(20)15-12(17)18/h1-8H2,(H,15,18,20). The Kier molecular flexibility index (Phi) is 5.34. The molecule has 1 heterocycles. The van der Waals surface area contributed by atoms with Gasteiger partial charge in [0.1, 0.15) is 11.4 Å². The highest BCUT2D eigenvalue weighted by Gasteiger charge is 2.16. The lowest BCUT2D eigenvalue weighted by molar-refractivity contribution is 0.0706. The number of azide groups is 1. The van der Waals surface area contributed by atoms with E-state index in [1.807, 2.05) is 0 Å². The van der Waals surface area contributed by atoms with Gasteiger partial charge >= 0.3 is 5.69 Å². The Balaban J connectivity index is 2.06. The lowest BCUT2D eigenvalue weighted by atomic mass is 9.97. The highest BCUT2D eigenvalue weighted by Crippen LogP contribution is 2.20. The molecule has 1 aliphatic carbocycles. The van der Waals surface area contributed by atoms with Crippen molar-refractivity contribution in [1.29, 1.82) is 0 Å². The summed E-state index contributed by atoms with van der Waals surface area (Å²) in [5.74, 6) is 0. The Hall–Kier alpha value is -1.63.